The first-order valence-corrected chi connectivity index (χ1v) is 8.03. The van der Waals surface area contributed by atoms with Crippen molar-refractivity contribution in [2.75, 3.05) is 33.8 Å². The van der Waals surface area contributed by atoms with Crippen LogP contribution in [-0.4, -0.2) is 44.8 Å². The van der Waals surface area contributed by atoms with Gasteiger partial charge >= 0.3 is 0 Å². The molecule has 2 heterocycles. The lowest BCUT2D eigenvalue weighted by atomic mass is 10.0. The molecule has 2 saturated heterocycles. The molecule has 0 radical (unpaired) electrons. The fraction of sp³-hybridized carbons (Fsp3) is 0.647. The van der Waals surface area contributed by atoms with Gasteiger partial charge in [0, 0.05) is 19.1 Å². The summed E-state index contributed by atoms with van der Waals surface area (Å²) in [4.78, 5) is 2.36. The van der Waals surface area contributed by atoms with E-state index >= 15 is 0 Å². The number of benzene rings is 1. The molecule has 1 atom stereocenters. The van der Waals surface area contributed by atoms with Crippen LogP contribution >= 0.6 is 0 Å². The number of nitrogens with zero attached hydrogens (tertiary/aromatic N) is 1. The van der Waals surface area contributed by atoms with Gasteiger partial charge in [0.05, 0.1) is 7.11 Å². The third kappa shape index (κ3) is 3.50. The summed E-state index contributed by atoms with van der Waals surface area (Å²) >= 11 is 0. The van der Waals surface area contributed by atoms with E-state index in [2.05, 4.69) is 29.4 Å². The maximum atomic E-state index is 6.25. The molecule has 1 unspecified atom stereocenters. The smallest absolute Gasteiger partial charge is 0.161 e. The molecular formula is C17H26N2O2. The van der Waals surface area contributed by atoms with E-state index in [9.17, 15) is 0 Å². The summed E-state index contributed by atoms with van der Waals surface area (Å²) in [6, 6.07) is 6.83. The summed E-state index contributed by atoms with van der Waals surface area (Å²) in [7, 11) is 3.88. The Labute approximate surface area is 127 Å². The molecule has 1 aromatic rings. The van der Waals surface area contributed by atoms with Crippen molar-refractivity contribution < 1.29 is 9.47 Å². The third-order valence-corrected chi connectivity index (χ3v) is 4.61. The van der Waals surface area contributed by atoms with Crippen LogP contribution in [0.5, 0.6) is 11.5 Å². The molecule has 0 saturated carbocycles. The van der Waals surface area contributed by atoms with Crippen LogP contribution in [0.2, 0.25) is 0 Å². The molecule has 4 heteroatoms. The molecule has 4 nitrogen and oxygen atoms in total. The van der Waals surface area contributed by atoms with E-state index in [0.717, 1.165) is 44.0 Å². The maximum Gasteiger partial charge on any atom is 0.161 e. The number of likely N-dealkylation sites (tertiary alicyclic amines) is 1. The lowest BCUT2D eigenvalue weighted by molar-refractivity contribution is 0.111. The summed E-state index contributed by atoms with van der Waals surface area (Å²) in [6.07, 6.45) is 4.95. The van der Waals surface area contributed by atoms with E-state index in [0.29, 0.717) is 12.1 Å². The standard InChI is InChI=1S/C17H26N2O2/c1-19-10-7-14(8-11-19)21-17-12-13(5-6-16(17)20-2)15-4-3-9-18-15/h5-6,12,14-15,18H,3-4,7-11H2,1-2H3. The topological polar surface area (TPSA) is 33.7 Å². The minimum atomic E-state index is 0.307. The molecule has 0 aromatic heterocycles. The zero-order chi connectivity index (χ0) is 14.7. The zero-order valence-corrected chi connectivity index (χ0v) is 13.1. The van der Waals surface area contributed by atoms with Gasteiger partial charge in [-0.15, -0.1) is 0 Å². The lowest BCUT2D eigenvalue weighted by Gasteiger charge is -2.30. The second-order valence-electron chi connectivity index (χ2n) is 6.18. The summed E-state index contributed by atoms with van der Waals surface area (Å²) in [5.74, 6) is 1.74. The average molecular weight is 290 g/mol. The number of nitrogens with one attached hydrogen (secondary N) is 1. The summed E-state index contributed by atoms with van der Waals surface area (Å²) < 4.78 is 11.7. The normalized spacial score (nSPS) is 24.2. The molecule has 21 heavy (non-hydrogen) atoms. The quantitative estimate of drug-likeness (QED) is 0.924. The second-order valence-corrected chi connectivity index (χ2v) is 6.18. The Morgan fingerprint density at radius 1 is 1.14 bits per heavy atom. The Morgan fingerprint density at radius 3 is 2.62 bits per heavy atom. The largest absolute Gasteiger partial charge is 0.493 e. The molecule has 3 rings (SSSR count). The molecule has 2 aliphatic rings. The molecular weight excluding hydrogens is 264 g/mol. The van der Waals surface area contributed by atoms with E-state index in [1.54, 1.807) is 7.11 Å². The first-order valence-electron chi connectivity index (χ1n) is 8.03. The summed E-state index contributed by atoms with van der Waals surface area (Å²) in [5, 5.41) is 3.54. The van der Waals surface area contributed by atoms with Crippen molar-refractivity contribution in [1.29, 1.82) is 0 Å². The van der Waals surface area contributed by atoms with Crippen LogP contribution in [0.4, 0.5) is 0 Å². The van der Waals surface area contributed by atoms with E-state index in [-0.39, 0.29) is 0 Å². The fourth-order valence-electron chi connectivity index (χ4n) is 3.25. The number of methoxy groups -OCH3 is 1. The Balaban J connectivity index is 1.73. The van der Waals surface area contributed by atoms with Gasteiger partial charge in [0.1, 0.15) is 6.10 Å². The first-order chi connectivity index (χ1) is 10.3. The van der Waals surface area contributed by atoms with Gasteiger partial charge < -0.3 is 19.7 Å². The number of piperidine rings is 1. The van der Waals surface area contributed by atoms with Crippen LogP contribution in [0, 0.1) is 0 Å². The maximum absolute atomic E-state index is 6.25. The van der Waals surface area contributed by atoms with E-state index in [1.807, 2.05) is 6.07 Å². The first kappa shape index (κ1) is 14.7. The molecule has 116 valence electrons. The highest BCUT2D eigenvalue weighted by Gasteiger charge is 2.22. The SMILES string of the molecule is COc1ccc(C2CCCN2)cc1OC1CCN(C)CC1. The van der Waals surface area contributed by atoms with Gasteiger partial charge in [0.15, 0.2) is 11.5 Å². The highest BCUT2D eigenvalue weighted by atomic mass is 16.5. The van der Waals surface area contributed by atoms with Crippen LogP contribution in [0.15, 0.2) is 18.2 Å². The van der Waals surface area contributed by atoms with Gasteiger partial charge in [-0.1, -0.05) is 6.07 Å². The van der Waals surface area contributed by atoms with Gasteiger partial charge in [-0.05, 0) is 57.0 Å². The number of ether oxygens (including phenoxy) is 2. The van der Waals surface area contributed by atoms with Crippen LogP contribution < -0.4 is 14.8 Å². The van der Waals surface area contributed by atoms with Gasteiger partial charge in [0.25, 0.3) is 0 Å². The predicted molar refractivity (Wildman–Crippen MR) is 84.1 cm³/mol. The van der Waals surface area contributed by atoms with Crippen molar-refractivity contribution in [3.63, 3.8) is 0 Å². The highest BCUT2D eigenvalue weighted by Crippen LogP contribution is 2.34. The Bertz CT molecular complexity index is 464. The minimum absolute atomic E-state index is 0.307. The minimum Gasteiger partial charge on any atom is -0.493 e. The second kappa shape index (κ2) is 6.67. The van der Waals surface area contributed by atoms with Crippen molar-refractivity contribution in [3.05, 3.63) is 23.8 Å². The average Bonchev–Trinajstić information content (AvgIpc) is 3.04. The van der Waals surface area contributed by atoms with Crippen LogP contribution in [0.3, 0.4) is 0 Å². The molecule has 1 aromatic carbocycles. The lowest BCUT2D eigenvalue weighted by Crippen LogP contribution is -2.35. The van der Waals surface area contributed by atoms with Gasteiger partial charge in [-0.2, -0.15) is 0 Å². The molecule has 1 N–H and O–H groups in total. The predicted octanol–water partition coefficient (Wildman–Crippen LogP) is 2.59. The molecule has 2 fully saturated rings. The number of hydrogen-bond acceptors (Lipinski definition) is 4. The summed E-state index contributed by atoms with van der Waals surface area (Å²) in [6.45, 7) is 3.33. The van der Waals surface area contributed by atoms with Crippen LogP contribution in [0.25, 0.3) is 0 Å². The van der Waals surface area contributed by atoms with Gasteiger partial charge in [-0.25, -0.2) is 0 Å². The van der Waals surface area contributed by atoms with E-state index < -0.39 is 0 Å². The molecule has 0 amide bonds. The van der Waals surface area contributed by atoms with Crippen molar-refractivity contribution in [3.8, 4) is 11.5 Å². The van der Waals surface area contributed by atoms with Crippen molar-refractivity contribution in [2.45, 2.75) is 37.8 Å². The Morgan fingerprint density at radius 2 is 1.95 bits per heavy atom. The van der Waals surface area contributed by atoms with Crippen molar-refractivity contribution >= 4 is 0 Å². The van der Waals surface area contributed by atoms with Crippen LogP contribution in [0.1, 0.15) is 37.3 Å². The molecule has 0 bridgehead atoms. The van der Waals surface area contributed by atoms with Gasteiger partial charge in [0.2, 0.25) is 0 Å². The van der Waals surface area contributed by atoms with Crippen molar-refractivity contribution in [1.82, 2.24) is 10.2 Å². The van der Waals surface area contributed by atoms with Crippen LogP contribution in [-0.2, 0) is 0 Å². The Kier molecular flexibility index (Phi) is 4.66. The number of rotatable bonds is 4. The summed E-state index contributed by atoms with van der Waals surface area (Å²) in [5.41, 5.74) is 1.32. The Hall–Kier alpha value is -1.26. The zero-order valence-electron chi connectivity index (χ0n) is 13.1. The van der Waals surface area contributed by atoms with Crippen molar-refractivity contribution in [2.24, 2.45) is 0 Å². The monoisotopic (exact) mass is 290 g/mol. The third-order valence-electron chi connectivity index (χ3n) is 4.61. The van der Waals surface area contributed by atoms with E-state index in [1.165, 1.54) is 18.4 Å². The molecule has 0 aliphatic carbocycles. The fourth-order valence-corrected chi connectivity index (χ4v) is 3.25. The highest BCUT2D eigenvalue weighted by molar-refractivity contribution is 5.44. The van der Waals surface area contributed by atoms with E-state index in [4.69, 9.17) is 9.47 Å². The molecule has 2 aliphatic heterocycles. The number of hydrogen-bond donors (Lipinski definition) is 1. The molecule has 0 spiro atoms. The van der Waals surface area contributed by atoms with Gasteiger partial charge in [-0.3, -0.25) is 0 Å².